The quantitative estimate of drug-likeness (QED) is 0.837. The fraction of sp³-hybridized carbons (Fsp3) is 0.588. The number of rotatable bonds is 7. The van der Waals surface area contributed by atoms with Gasteiger partial charge in [-0.2, -0.15) is 4.98 Å². The van der Waals surface area contributed by atoms with E-state index in [1.165, 1.54) is 12.8 Å². The maximum atomic E-state index is 12.1. The molecule has 128 valence electrons. The first kappa shape index (κ1) is 15.4. The number of nitrogens with one attached hydrogen (secondary N) is 1. The molecule has 1 amide bonds. The lowest BCUT2D eigenvalue weighted by Crippen LogP contribution is -2.25. The third-order valence-electron chi connectivity index (χ3n) is 4.51. The summed E-state index contributed by atoms with van der Waals surface area (Å²) in [7, 11) is 0. The summed E-state index contributed by atoms with van der Waals surface area (Å²) in [5.74, 6) is 2.83. The molecule has 1 aliphatic carbocycles. The van der Waals surface area contributed by atoms with E-state index in [9.17, 15) is 4.79 Å². The Morgan fingerprint density at radius 1 is 1.29 bits per heavy atom. The van der Waals surface area contributed by atoms with Crippen molar-refractivity contribution in [2.24, 2.45) is 0 Å². The minimum Gasteiger partial charge on any atom is -0.455 e. The summed E-state index contributed by atoms with van der Waals surface area (Å²) in [6, 6.07) is 3.62. The smallest absolute Gasteiger partial charge is 0.287 e. The van der Waals surface area contributed by atoms with E-state index in [2.05, 4.69) is 20.4 Å². The van der Waals surface area contributed by atoms with Crippen molar-refractivity contribution in [2.75, 3.05) is 19.6 Å². The number of hydrogen-bond donors (Lipinski definition) is 1. The Balaban J connectivity index is 1.24. The number of furan rings is 1. The molecule has 4 rings (SSSR count). The van der Waals surface area contributed by atoms with Crippen LogP contribution in [0, 0.1) is 0 Å². The zero-order chi connectivity index (χ0) is 16.4. The summed E-state index contributed by atoms with van der Waals surface area (Å²) in [6.45, 7) is 3.45. The maximum absolute atomic E-state index is 12.1. The van der Waals surface area contributed by atoms with Crippen molar-refractivity contribution in [3.8, 4) is 0 Å². The van der Waals surface area contributed by atoms with Crippen LogP contribution in [0.1, 0.15) is 59.6 Å². The van der Waals surface area contributed by atoms with Gasteiger partial charge in [-0.25, -0.2) is 0 Å². The fourth-order valence-electron chi connectivity index (χ4n) is 2.99. The fourth-order valence-corrected chi connectivity index (χ4v) is 2.99. The second-order valence-electron chi connectivity index (χ2n) is 6.58. The minimum atomic E-state index is -0.200. The molecule has 0 unspecified atom stereocenters. The van der Waals surface area contributed by atoms with E-state index in [1.807, 2.05) is 6.07 Å². The molecule has 1 aliphatic heterocycles. The molecule has 1 saturated carbocycles. The lowest BCUT2D eigenvalue weighted by atomic mass is 10.3. The Morgan fingerprint density at radius 3 is 2.92 bits per heavy atom. The number of nitrogens with zero attached hydrogens (tertiary/aromatic N) is 3. The molecule has 2 fully saturated rings. The van der Waals surface area contributed by atoms with E-state index in [4.69, 9.17) is 8.94 Å². The van der Waals surface area contributed by atoms with Crippen molar-refractivity contribution < 1.29 is 13.7 Å². The highest BCUT2D eigenvalue weighted by atomic mass is 16.5. The number of hydrogen-bond acceptors (Lipinski definition) is 6. The normalized spacial score (nSPS) is 18.2. The van der Waals surface area contributed by atoms with E-state index < -0.39 is 0 Å². The second-order valence-corrected chi connectivity index (χ2v) is 6.58. The van der Waals surface area contributed by atoms with Crippen LogP contribution >= 0.6 is 0 Å². The summed E-state index contributed by atoms with van der Waals surface area (Å²) in [5, 5.41) is 6.78. The van der Waals surface area contributed by atoms with E-state index in [1.54, 1.807) is 6.07 Å². The molecule has 24 heavy (non-hydrogen) atoms. The standard InChI is InChI=1S/C17H22N4O3/c22-16(14-6-5-13(23-14)11-21-9-1-2-10-21)18-8-7-15-19-17(24-20-15)12-3-4-12/h5-6,12H,1-4,7-11H2,(H,18,22). The number of amides is 1. The van der Waals surface area contributed by atoms with Gasteiger partial charge in [-0.05, 0) is 50.9 Å². The molecular weight excluding hydrogens is 308 g/mol. The van der Waals surface area contributed by atoms with Crippen LogP contribution in [-0.4, -0.2) is 40.6 Å². The van der Waals surface area contributed by atoms with Gasteiger partial charge in [-0.3, -0.25) is 9.69 Å². The molecule has 1 N–H and O–H groups in total. The van der Waals surface area contributed by atoms with Crippen LogP contribution in [0.4, 0.5) is 0 Å². The highest BCUT2D eigenvalue weighted by Crippen LogP contribution is 2.38. The molecular formula is C17H22N4O3. The zero-order valence-corrected chi connectivity index (χ0v) is 13.7. The minimum absolute atomic E-state index is 0.200. The third kappa shape index (κ3) is 3.67. The maximum Gasteiger partial charge on any atom is 0.287 e. The van der Waals surface area contributed by atoms with Gasteiger partial charge in [0.1, 0.15) is 5.76 Å². The number of aromatic nitrogens is 2. The van der Waals surface area contributed by atoms with Gasteiger partial charge in [-0.15, -0.1) is 0 Å². The van der Waals surface area contributed by atoms with Crippen LogP contribution in [0.3, 0.4) is 0 Å². The molecule has 2 aromatic rings. The summed E-state index contributed by atoms with van der Waals surface area (Å²) in [6.07, 6.45) is 5.32. The first-order chi connectivity index (χ1) is 11.8. The van der Waals surface area contributed by atoms with Crippen LogP contribution < -0.4 is 5.32 Å². The SMILES string of the molecule is O=C(NCCc1noc(C2CC2)n1)c1ccc(CN2CCCC2)o1. The average molecular weight is 330 g/mol. The predicted molar refractivity (Wildman–Crippen MR) is 85.5 cm³/mol. The molecule has 1 saturated heterocycles. The predicted octanol–water partition coefficient (Wildman–Crippen LogP) is 2.11. The van der Waals surface area contributed by atoms with Crippen LogP contribution in [0.5, 0.6) is 0 Å². The van der Waals surface area contributed by atoms with Crippen LogP contribution in [0.15, 0.2) is 21.1 Å². The molecule has 0 aromatic carbocycles. The lowest BCUT2D eigenvalue weighted by Gasteiger charge is -2.11. The van der Waals surface area contributed by atoms with Gasteiger partial charge in [0.2, 0.25) is 5.89 Å². The Labute approximate surface area is 140 Å². The number of carbonyl (C=O) groups is 1. The van der Waals surface area contributed by atoms with Crippen molar-refractivity contribution in [3.63, 3.8) is 0 Å². The van der Waals surface area contributed by atoms with Gasteiger partial charge < -0.3 is 14.3 Å². The van der Waals surface area contributed by atoms with Gasteiger partial charge in [-0.1, -0.05) is 5.16 Å². The summed E-state index contributed by atoms with van der Waals surface area (Å²) >= 11 is 0. The number of carbonyl (C=O) groups excluding carboxylic acids is 1. The van der Waals surface area contributed by atoms with Crippen molar-refractivity contribution in [2.45, 2.75) is 44.6 Å². The van der Waals surface area contributed by atoms with Gasteiger partial charge >= 0.3 is 0 Å². The van der Waals surface area contributed by atoms with E-state index in [-0.39, 0.29) is 5.91 Å². The second kappa shape index (κ2) is 6.76. The average Bonchev–Trinajstić information content (AvgIpc) is 3.00. The van der Waals surface area contributed by atoms with Crippen LogP contribution in [0.2, 0.25) is 0 Å². The highest BCUT2D eigenvalue weighted by molar-refractivity contribution is 5.91. The van der Waals surface area contributed by atoms with Gasteiger partial charge in [0.15, 0.2) is 11.6 Å². The molecule has 0 bridgehead atoms. The first-order valence-electron chi connectivity index (χ1n) is 8.70. The van der Waals surface area contributed by atoms with Crippen molar-refractivity contribution >= 4 is 5.91 Å². The summed E-state index contributed by atoms with van der Waals surface area (Å²) < 4.78 is 10.9. The van der Waals surface area contributed by atoms with Crippen molar-refractivity contribution in [3.05, 3.63) is 35.4 Å². The number of likely N-dealkylation sites (tertiary alicyclic amines) is 1. The Hall–Kier alpha value is -2.15. The van der Waals surface area contributed by atoms with Crippen LogP contribution in [-0.2, 0) is 13.0 Å². The van der Waals surface area contributed by atoms with E-state index in [0.29, 0.717) is 30.5 Å². The molecule has 7 heteroatoms. The molecule has 2 aromatic heterocycles. The Kier molecular flexibility index (Phi) is 4.34. The Bertz CT molecular complexity index is 698. The monoisotopic (exact) mass is 330 g/mol. The van der Waals surface area contributed by atoms with Crippen LogP contribution in [0.25, 0.3) is 0 Å². The highest BCUT2D eigenvalue weighted by Gasteiger charge is 2.29. The van der Waals surface area contributed by atoms with Crippen molar-refractivity contribution in [1.29, 1.82) is 0 Å². The zero-order valence-electron chi connectivity index (χ0n) is 13.7. The molecule has 0 spiro atoms. The first-order valence-corrected chi connectivity index (χ1v) is 8.70. The molecule has 3 heterocycles. The lowest BCUT2D eigenvalue weighted by molar-refractivity contribution is 0.0922. The van der Waals surface area contributed by atoms with Gasteiger partial charge in [0, 0.05) is 18.9 Å². The summed E-state index contributed by atoms with van der Waals surface area (Å²) in [4.78, 5) is 18.8. The summed E-state index contributed by atoms with van der Waals surface area (Å²) in [5.41, 5.74) is 0. The third-order valence-corrected chi connectivity index (χ3v) is 4.51. The molecule has 0 atom stereocenters. The largest absolute Gasteiger partial charge is 0.455 e. The topological polar surface area (TPSA) is 84.4 Å². The van der Waals surface area contributed by atoms with Crippen molar-refractivity contribution in [1.82, 2.24) is 20.4 Å². The van der Waals surface area contributed by atoms with E-state index in [0.717, 1.165) is 44.1 Å². The molecule has 0 radical (unpaired) electrons. The molecule has 2 aliphatic rings. The van der Waals surface area contributed by atoms with Gasteiger partial charge in [0.25, 0.3) is 5.91 Å². The Morgan fingerprint density at radius 2 is 2.12 bits per heavy atom. The van der Waals surface area contributed by atoms with E-state index >= 15 is 0 Å². The van der Waals surface area contributed by atoms with Gasteiger partial charge in [0.05, 0.1) is 6.54 Å². The molecule has 7 nitrogen and oxygen atoms in total.